The number of aromatic nitrogens is 12. The number of para-hydroxylation sites is 1. The largest absolute Gasteiger partial charge is 0.407 e. The molecule has 6 aromatic heterocycles. The van der Waals surface area contributed by atoms with Crippen LogP contribution in [0.5, 0.6) is 17.2 Å². The van der Waals surface area contributed by atoms with Crippen LogP contribution in [0, 0.1) is 58.4 Å². The number of nitrogens with zero attached hydrogens (tertiary/aromatic N) is 12. The summed E-state index contributed by atoms with van der Waals surface area (Å²) in [6.07, 6.45) is 26.7. The number of sulfonamides is 1. The molecule has 5 N–H and O–H groups in total. The third kappa shape index (κ3) is 19.0. The van der Waals surface area contributed by atoms with E-state index in [0.717, 1.165) is 37.9 Å². The van der Waals surface area contributed by atoms with Crippen LogP contribution < -0.4 is 36.6 Å². The normalized spacial score (nSPS) is 13.7. The van der Waals surface area contributed by atoms with Crippen LogP contribution in [0.4, 0.5) is 0 Å². The van der Waals surface area contributed by atoms with Gasteiger partial charge in [-0.05, 0) is 102 Å². The second-order valence-electron chi connectivity index (χ2n) is 21.6. The van der Waals surface area contributed by atoms with Crippen LogP contribution >= 0.6 is 21.4 Å². The summed E-state index contributed by atoms with van der Waals surface area (Å²) in [4.78, 5) is 77.5. The standard InChI is InChI=1S/C23H28N6O4S.C17H15ClN4O4S.C17H16N4O2.C6H14N2.ClHO3S.6H2/c1-5-8-19-22-25-21(26-23(30)29(22)16(4)24-19)18-15-17(9-10-20(18)33-7-3)34(31,32)28-13-11-27(6-2)12-14-28;1-4-6-13-16-20-15(21-17(23)22(16)10(3)19-13)12-9-11(27(18,24)25)7-8-14(12)26-5-2;1-4-8-13-16-19-15(20-17(22)21(16)11(3)18-13)12-9-6-7-10-14(12)23-5-2;1-2-8-5-3-7-4-6-8;1-5(2,3)4;;;;;;/h3,9-10,15H,5-6,8,11-14H2,1-2,4H3,(H,25,26,30);2,7-9H,4,6H2,1,3H3,(H,20,21,23);2,6-7,9-10H,4,8H2,1,3H3,(H,19,20,22);7H,2-6H2,1H3;(H,2,3,4);6*1H. The molecule has 2 fully saturated rings. The molecule has 0 radical (unpaired) electrons. The van der Waals surface area contributed by atoms with Crippen molar-refractivity contribution in [1.82, 2.24) is 77.5 Å². The van der Waals surface area contributed by atoms with E-state index < -0.39 is 39.8 Å². The zero-order valence-corrected chi connectivity index (χ0v) is 58.5. The van der Waals surface area contributed by atoms with Gasteiger partial charge in [0.1, 0.15) is 53.3 Å². The smallest absolute Gasteiger partial charge is 0.353 e. The van der Waals surface area contributed by atoms with E-state index in [-0.39, 0.29) is 58.3 Å². The number of terminal acetylenes is 3. The van der Waals surface area contributed by atoms with Crippen LogP contribution in [0.15, 0.2) is 84.8 Å². The molecule has 0 aliphatic carbocycles. The Morgan fingerprint density at radius 1 is 0.515 bits per heavy atom. The van der Waals surface area contributed by atoms with E-state index in [1.54, 1.807) is 39.0 Å². The van der Waals surface area contributed by atoms with Gasteiger partial charge in [-0.2, -0.15) is 12.7 Å². The molecule has 0 amide bonds. The number of nitrogens with one attached hydrogen (secondary N) is 4. The number of fused-ring (bicyclic) bond motifs is 3. The van der Waals surface area contributed by atoms with Crippen LogP contribution in [-0.4, -0.2) is 167 Å². The number of hydrogen-bond donors (Lipinski definition) is 5. The highest BCUT2D eigenvalue weighted by atomic mass is 35.7. The first-order valence-corrected chi connectivity index (χ1v) is 36.6. The topological polar surface area (TPSA) is 361 Å². The van der Waals surface area contributed by atoms with Gasteiger partial charge >= 0.3 is 26.4 Å². The summed E-state index contributed by atoms with van der Waals surface area (Å²) in [5, 5.41) is 3.31. The van der Waals surface area contributed by atoms with E-state index in [2.05, 4.69) is 104 Å². The highest BCUT2D eigenvalue weighted by Gasteiger charge is 2.30. The molecule has 11 rings (SSSR count). The molecule has 9 aromatic rings. The van der Waals surface area contributed by atoms with Gasteiger partial charge in [0.25, 0.3) is 9.05 Å². The monoisotopic (exact) mass is 1440 g/mol. The highest BCUT2D eigenvalue weighted by molar-refractivity contribution is 8.13. The summed E-state index contributed by atoms with van der Waals surface area (Å²) >= 11 is 0. The van der Waals surface area contributed by atoms with Gasteiger partial charge < -0.3 is 29.3 Å². The molecule has 2 aliphatic rings. The zero-order chi connectivity index (χ0) is 70.9. The van der Waals surface area contributed by atoms with E-state index in [4.69, 9.17) is 57.1 Å². The van der Waals surface area contributed by atoms with Crippen molar-refractivity contribution in [3.8, 4) is 89.0 Å². The molecule has 0 unspecified atom stereocenters. The number of rotatable bonds is 17. The summed E-state index contributed by atoms with van der Waals surface area (Å²) < 4.78 is 96.6. The zero-order valence-electron chi connectivity index (χ0n) is 54.5. The van der Waals surface area contributed by atoms with E-state index in [9.17, 15) is 31.2 Å². The predicted octanol–water partition coefficient (Wildman–Crippen LogP) is 7.61. The van der Waals surface area contributed by atoms with Crippen molar-refractivity contribution >= 4 is 66.7 Å². The molecule has 0 spiro atoms. The first-order valence-electron chi connectivity index (χ1n) is 30.6. The molecule has 528 valence electrons. The fourth-order valence-corrected chi connectivity index (χ4v) is 12.8. The lowest BCUT2D eigenvalue weighted by Gasteiger charge is -2.33. The summed E-state index contributed by atoms with van der Waals surface area (Å²) in [6, 6.07) is 15.4. The predicted molar refractivity (Wildman–Crippen MR) is 381 cm³/mol. The van der Waals surface area contributed by atoms with Crippen LogP contribution in [0.2, 0.25) is 0 Å². The number of likely N-dealkylation sites (N-methyl/N-ethyl adjacent to an activating group) is 2. The van der Waals surface area contributed by atoms with Crippen LogP contribution in [0.3, 0.4) is 0 Å². The lowest BCUT2D eigenvalue weighted by atomic mass is 10.2. The number of aromatic amines is 3. The average Bonchev–Trinajstić information content (AvgIpc) is 1.72. The van der Waals surface area contributed by atoms with Gasteiger partial charge in [0.15, 0.2) is 34.2 Å². The molecule has 0 atom stereocenters. The fraction of sp³-hybridized carbons (Fsp3) is 0.381. The second kappa shape index (κ2) is 33.8. The van der Waals surface area contributed by atoms with Gasteiger partial charge in [-0.15, -0.1) is 0 Å². The SMILES string of the molecule is C#COc1ccc(S(=O)(=O)Cl)cc1-c1nc2c(CCC)nc(C)n2c(=O)[nH]1.C#COc1ccc(S(=O)(=O)N2CCN(CC)CC2)cc1-c1nc2c(CCC)nc(C)n2c(=O)[nH]1.C#COc1ccccc1-c1nc2c(CCC)nc(C)n2c(=O)[nH]1.CCN1CCNCC1.O=S(=O)(O)Cl.[HH].[HH].[HH].[HH].[HH].[HH]. The maximum atomic E-state index is 13.4. The first kappa shape index (κ1) is 75.4. The molecule has 0 saturated carbocycles. The minimum atomic E-state index is -4.19. The van der Waals surface area contributed by atoms with Crippen molar-refractivity contribution < 1.29 is 52.6 Å². The Morgan fingerprint density at radius 2 is 0.866 bits per heavy atom. The molecule has 8 heterocycles. The number of piperazine rings is 2. The third-order valence-electron chi connectivity index (χ3n) is 15.1. The van der Waals surface area contributed by atoms with Crippen molar-refractivity contribution in [3.05, 3.63) is 127 Å². The van der Waals surface area contributed by atoms with Gasteiger partial charge in [0.05, 0.1) is 43.6 Å². The Labute approximate surface area is 578 Å². The molecule has 0 bridgehead atoms. The van der Waals surface area contributed by atoms with Crippen LogP contribution in [0.1, 0.15) is 97.0 Å². The molecule has 29 nitrogen and oxygen atoms in total. The number of imidazole rings is 3. The lowest BCUT2D eigenvalue weighted by molar-refractivity contribution is 0.196. The Bertz CT molecular complexity index is 5000. The Morgan fingerprint density at radius 3 is 1.23 bits per heavy atom. The van der Waals surface area contributed by atoms with Gasteiger partial charge in [-0.3, -0.25) is 19.5 Å². The Kier molecular flexibility index (Phi) is 26.3. The summed E-state index contributed by atoms with van der Waals surface area (Å²) in [5.74, 6) is 3.16. The van der Waals surface area contributed by atoms with Gasteiger partial charge in [-0.1, -0.05) is 85.3 Å². The van der Waals surface area contributed by atoms with E-state index in [0.29, 0.717) is 102 Å². The van der Waals surface area contributed by atoms with E-state index >= 15 is 0 Å². The minimum absolute atomic E-state index is 0. The van der Waals surface area contributed by atoms with Crippen molar-refractivity contribution in [1.29, 1.82) is 0 Å². The average molecular weight is 1440 g/mol. The van der Waals surface area contributed by atoms with Gasteiger partial charge in [0.2, 0.25) is 10.0 Å². The fourth-order valence-electron chi connectivity index (χ4n) is 10.6. The highest BCUT2D eigenvalue weighted by Crippen LogP contribution is 2.34. The number of halogens is 2. The summed E-state index contributed by atoms with van der Waals surface area (Å²) in [5.41, 5.74) is 3.49. The Hall–Kier alpha value is -8.98. The molecule has 97 heavy (non-hydrogen) atoms. The van der Waals surface area contributed by atoms with Gasteiger partial charge in [0, 0.05) is 82.3 Å². The quantitative estimate of drug-likeness (QED) is 0.0332. The Balaban J connectivity index is 0.000000698. The number of benzene rings is 3. The van der Waals surface area contributed by atoms with E-state index in [1.165, 1.54) is 86.6 Å². The molecular weight excluding hydrogens is 1360 g/mol. The number of ether oxygens (including phenoxy) is 3. The number of hydrogen-bond acceptors (Lipinski definition) is 21. The molecule has 34 heteroatoms. The van der Waals surface area contributed by atoms with Crippen molar-refractivity contribution in [2.75, 3.05) is 65.4 Å². The molecule has 2 saturated heterocycles. The number of aryl methyl sites for hydroxylation is 6. The lowest BCUT2D eigenvalue weighted by Crippen LogP contribution is -2.48. The second-order valence-corrected chi connectivity index (χ2v) is 28.1. The van der Waals surface area contributed by atoms with Crippen LogP contribution in [-0.2, 0) is 47.7 Å². The van der Waals surface area contributed by atoms with Crippen molar-refractivity contribution in [2.24, 2.45) is 0 Å². The maximum absolute atomic E-state index is 13.4. The number of H-pyrrole nitrogens is 3. The van der Waals surface area contributed by atoms with Crippen molar-refractivity contribution in [3.63, 3.8) is 0 Å². The summed E-state index contributed by atoms with van der Waals surface area (Å²) in [7, 11) is -2.47. The molecular formula is C63H86Cl2N16O13S3. The maximum Gasteiger partial charge on any atom is 0.353 e. The molecule has 2 aliphatic heterocycles. The molecule has 3 aromatic carbocycles. The third-order valence-corrected chi connectivity index (χ3v) is 18.3. The van der Waals surface area contributed by atoms with Crippen molar-refractivity contribution in [2.45, 2.75) is 104 Å². The van der Waals surface area contributed by atoms with Crippen LogP contribution in [0.25, 0.3) is 51.1 Å². The summed E-state index contributed by atoms with van der Waals surface area (Å²) in [6.45, 7) is 24.6. The minimum Gasteiger partial charge on any atom is -0.407 e. The first-order chi connectivity index (χ1) is 46.1. The van der Waals surface area contributed by atoms with E-state index in [1.807, 2.05) is 26.0 Å². The van der Waals surface area contributed by atoms with Gasteiger partial charge in [-0.25, -0.2) is 74.3 Å².